The summed E-state index contributed by atoms with van der Waals surface area (Å²) in [5.41, 5.74) is 1.69. The molecule has 0 spiro atoms. The van der Waals surface area contributed by atoms with Crippen molar-refractivity contribution >= 4 is 17.8 Å². The van der Waals surface area contributed by atoms with Gasteiger partial charge in [-0.15, -0.1) is 0 Å². The van der Waals surface area contributed by atoms with Gasteiger partial charge in [0.25, 0.3) is 0 Å². The van der Waals surface area contributed by atoms with Crippen molar-refractivity contribution in [2.75, 3.05) is 14.2 Å². The van der Waals surface area contributed by atoms with Gasteiger partial charge in [0.1, 0.15) is 17.2 Å². The lowest BCUT2D eigenvalue weighted by Gasteiger charge is -2.06. The van der Waals surface area contributed by atoms with Gasteiger partial charge < -0.3 is 14.2 Å². The second-order valence-corrected chi connectivity index (χ2v) is 6.12. The van der Waals surface area contributed by atoms with Crippen LogP contribution in [0.2, 0.25) is 0 Å². The predicted molar refractivity (Wildman–Crippen MR) is 111 cm³/mol. The van der Waals surface area contributed by atoms with Crippen LogP contribution in [0, 0.1) is 0 Å². The summed E-state index contributed by atoms with van der Waals surface area (Å²) in [5.74, 6) is 1.03. The molecule has 0 atom stereocenters. The first-order chi connectivity index (χ1) is 14.1. The normalized spacial score (nSPS) is 10.6. The molecule has 0 radical (unpaired) electrons. The molecule has 0 bridgehead atoms. The summed E-state index contributed by atoms with van der Waals surface area (Å²) in [6.07, 6.45) is 3.15. The highest BCUT2D eigenvalue weighted by Crippen LogP contribution is 2.19. The van der Waals surface area contributed by atoms with Gasteiger partial charge >= 0.3 is 5.97 Å². The number of benzene rings is 3. The molecule has 0 unspecified atom stereocenters. The van der Waals surface area contributed by atoms with Crippen LogP contribution in [0.15, 0.2) is 78.9 Å². The summed E-state index contributed by atoms with van der Waals surface area (Å²) in [4.78, 5) is 24.6. The molecule has 3 rings (SSSR count). The van der Waals surface area contributed by atoms with Crippen LogP contribution < -0.4 is 14.2 Å². The van der Waals surface area contributed by atoms with Crippen molar-refractivity contribution in [1.82, 2.24) is 0 Å². The summed E-state index contributed by atoms with van der Waals surface area (Å²) < 4.78 is 15.6. The molecular weight excluding hydrogens is 368 g/mol. The number of allylic oxidation sites excluding steroid dienone is 1. The Morgan fingerprint density at radius 3 is 2.14 bits per heavy atom. The summed E-state index contributed by atoms with van der Waals surface area (Å²) in [6, 6.07) is 20.6. The third-order valence-electron chi connectivity index (χ3n) is 4.18. The van der Waals surface area contributed by atoms with E-state index >= 15 is 0 Å². The van der Waals surface area contributed by atoms with E-state index < -0.39 is 5.97 Å². The van der Waals surface area contributed by atoms with E-state index in [0.29, 0.717) is 28.4 Å². The molecule has 29 heavy (non-hydrogen) atoms. The minimum absolute atomic E-state index is 0.133. The summed E-state index contributed by atoms with van der Waals surface area (Å²) in [7, 11) is 3.11. The maximum absolute atomic E-state index is 12.3. The average molecular weight is 388 g/mol. The Balaban J connectivity index is 1.69. The Morgan fingerprint density at radius 2 is 1.41 bits per heavy atom. The Morgan fingerprint density at radius 1 is 0.724 bits per heavy atom. The fourth-order valence-corrected chi connectivity index (χ4v) is 2.62. The molecule has 3 aromatic carbocycles. The zero-order valence-electron chi connectivity index (χ0n) is 16.1. The van der Waals surface area contributed by atoms with Gasteiger partial charge in [0.2, 0.25) is 0 Å². The maximum atomic E-state index is 12.3. The minimum atomic E-state index is -0.487. The Labute approximate surface area is 169 Å². The van der Waals surface area contributed by atoms with Gasteiger partial charge in [0, 0.05) is 5.56 Å². The van der Waals surface area contributed by atoms with E-state index in [2.05, 4.69) is 0 Å². The van der Waals surface area contributed by atoms with Crippen LogP contribution in [0.4, 0.5) is 0 Å². The highest BCUT2D eigenvalue weighted by molar-refractivity contribution is 6.06. The van der Waals surface area contributed by atoms with Crippen molar-refractivity contribution in [3.05, 3.63) is 95.6 Å². The number of carbonyl (C=O) groups is 2. The SMILES string of the molecule is COc1ccc(C(=O)C=Cc2cccc(OC(=O)c3cccc(OC)c3)c2)cc1. The highest BCUT2D eigenvalue weighted by atomic mass is 16.5. The van der Waals surface area contributed by atoms with Crippen LogP contribution in [0.5, 0.6) is 17.2 Å². The van der Waals surface area contributed by atoms with Crippen molar-refractivity contribution in [3.8, 4) is 17.2 Å². The molecule has 0 aliphatic rings. The first-order valence-corrected chi connectivity index (χ1v) is 8.92. The topological polar surface area (TPSA) is 61.8 Å². The molecule has 5 nitrogen and oxygen atoms in total. The lowest BCUT2D eigenvalue weighted by Crippen LogP contribution is -2.08. The number of hydrogen-bond donors (Lipinski definition) is 0. The van der Waals surface area contributed by atoms with E-state index in [4.69, 9.17) is 14.2 Å². The van der Waals surface area contributed by atoms with Crippen LogP contribution in [0.25, 0.3) is 6.08 Å². The van der Waals surface area contributed by atoms with Gasteiger partial charge in [0.15, 0.2) is 5.78 Å². The van der Waals surface area contributed by atoms with E-state index in [1.54, 1.807) is 79.9 Å². The average Bonchev–Trinajstić information content (AvgIpc) is 2.77. The molecule has 0 amide bonds. The quantitative estimate of drug-likeness (QED) is 0.251. The number of ketones is 1. The number of carbonyl (C=O) groups excluding carboxylic acids is 2. The molecule has 5 heteroatoms. The Hall–Kier alpha value is -3.86. The number of methoxy groups -OCH3 is 2. The zero-order valence-corrected chi connectivity index (χ0v) is 16.1. The van der Waals surface area contributed by atoms with Gasteiger partial charge in [-0.05, 0) is 66.2 Å². The summed E-state index contributed by atoms with van der Waals surface area (Å²) in [5, 5.41) is 0. The van der Waals surface area contributed by atoms with Gasteiger partial charge in [-0.1, -0.05) is 24.3 Å². The lowest BCUT2D eigenvalue weighted by molar-refractivity contribution is 0.0734. The van der Waals surface area contributed by atoms with Crippen molar-refractivity contribution in [3.63, 3.8) is 0 Å². The monoisotopic (exact) mass is 388 g/mol. The Kier molecular flexibility index (Phi) is 6.43. The van der Waals surface area contributed by atoms with Crippen LogP contribution in [-0.2, 0) is 0 Å². The van der Waals surface area contributed by atoms with Crippen molar-refractivity contribution in [2.45, 2.75) is 0 Å². The lowest BCUT2D eigenvalue weighted by atomic mass is 10.1. The fourth-order valence-electron chi connectivity index (χ4n) is 2.62. The smallest absolute Gasteiger partial charge is 0.343 e. The minimum Gasteiger partial charge on any atom is -0.497 e. The molecule has 0 N–H and O–H groups in total. The zero-order chi connectivity index (χ0) is 20.6. The molecule has 0 saturated carbocycles. The van der Waals surface area contributed by atoms with E-state index in [-0.39, 0.29) is 5.78 Å². The predicted octanol–water partition coefficient (Wildman–Crippen LogP) is 4.82. The summed E-state index contributed by atoms with van der Waals surface area (Å²) in [6.45, 7) is 0. The van der Waals surface area contributed by atoms with Gasteiger partial charge in [0.05, 0.1) is 19.8 Å². The van der Waals surface area contributed by atoms with E-state index in [1.165, 1.54) is 13.2 Å². The van der Waals surface area contributed by atoms with E-state index in [0.717, 1.165) is 5.56 Å². The fraction of sp³-hybridized carbons (Fsp3) is 0.0833. The van der Waals surface area contributed by atoms with Crippen LogP contribution in [0.3, 0.4) is 0 Å². The Bertz CT molecular complexity index is 1040. The van der Waals surface area contributed by atoms with E-state index in [9.17, 15) is 9.59 Å². The molecule has 0 saturated heterocycles. The molecule has 0 aliphatic heterocycles. The van der Waals surface area contributed by atoms with Gasteiger partial charge in [-0.2, -0.15) is 0 Å². The standard InChI is InChI=1S/C24H20O5/c1-27-20-12-10-18(11-13-20)23(25)14-9-17-5-3-8-22(15-17)29-24(26)19-6-4-7-21(16-19)28-2/h3-16H,1-2H3. The van der Waals surface area contributed by atoms with Crippen molar-refractivity contribution in [1.29, 1.82) is 0 Å². The number of rotatable bonds is 7. The maximum Gasteiger partial charge on any atom is 0.343 e. The molecule has 0 fully saturated rings. The third kappa shape index (κ3) is 5.32. The van der Waals surface area contributed by atoms with Gasteiger partial charge in [-0.3, -0.25) is 4.79 Å². The molecule has 0 aliphatic carbocycles. The number of ether oxygens (including phenoxy) is 3. The van der Waals surface area contributed by atoms with Crippen LogP contribution in [0.1, 0.15) is 26.3 Å². The number of esters is 1. The van der Waals surface area contributed by atoms with Crippen molar-refractivity contribution < 1.29 is 23.8 Å². The second kappa shape index (κ2) is 9.37. The first kappa shape index (κ1) is 19.9. The highest BCUT2D eigenvalue weighted by Gasteiger charge is 2.10. The van der Waals surface area contributed by atoms with Crippen LogP contribution >= 0.6 is 0 Å². The molecule has 0 heterocycles. The summed E-state index contributed by atoms with van der Waals surface area (Å²) >= 11 is 0. The number of hydrogen-bond acceptors (Lipinski definition) is 5. The third-order valence-corrected chi connectivity index (χ3v) is 4.18. The largest absolute Gasteiger partial charge is 0.497 e. The van der Waals surface area contributed by atoms with Gasteiger partial charge in [-0.25, -0.2) is 4.79 Å². The molecule has 0 aromatic heterocycles. The molecular formula is C24H20O5. The van der Waals surface area contributed by atoms with E-state index in [1.807, 2.05) is 6.07 Å². The second-order valence-electron chi connectivity index (χ2n) is 6.12. The van der Waals surface area contributed by atoms with Crippen molar-refractivity contribution in [2.24, 2.45) is 0 Å². The van der Waals surface area contributed by atoms with Crippen LogP contribution in [-0.4, -0.2) is 26.0 Å². The molecule has 146 valence electrons. The first-order valence-electron chi connectivity index (χ1n) is 8.92. The molecule has 3 aromatic rings.